The Labute approximate surface area is 138 Å². The molecule has 1 aromatic rings. The standard InChI is InChI=1S/C17H27N2O4/c1-18(2)9-11-22-16(20)14-7-6-8-15(13-14)17(21)23-12-10-19(3,4)5/h6-8,13H,9-12H2,1-5H3/q+1. The predicted octanol–water partition coefficient (Wildman–Crippen LogP) is 1.27. The highest BCUT2D eigenvalue weighted by Gasteiger charge is 2.14. The molecule has 0 amide bonds. The van der Waals surface area contributed by atoms with Gasteiger partial charge in [0, 0.05) is 6.54 Å². The summed E-state index contributed by atoms with van der Waals surface area (Å²) in [5, 5.41) is 0. The maximum absolute atomic E-state index is 12.0. The third-order valence-corrected chi connectivity index (χ3v) is 3.10. The SMILES string of the molecule is CN(C)CCOC(=O)c1cccc(C(=O)OCC[N+](C)(C)C)c1. The van der Waals surface area contributed by atoms with Gasteiger partial charge in [0.1, 0.15) is 19.8 Å². The molecule has 1 aromatic carbocycles. The van der Waals surface area contributed by atoms with Crippen molar-refractivity contribution in [1.29, 1.82) is 0 Å². The lowest BCUT2D eigenvalue weighted by Gasteiger charge is -2.23. The highest BCUT2D eigenvalue weighted by Crippen LogP contribution is 2.09. The molecule has 0 radical (unpaired) electrons. The Morgan fingerprint density at radius 2 is 1.52 bits per heavy atom. The molecule has 0 atom stereocenters. The number of ether oxygens (including phenoxy) is 2. The maximum Gasteiger partial charge on any atom is 0.338 e. The molecular weight excluding hydrogens is 296 g/mol. The second kappa shape index (κ2) is 8.64. The summed E-state index contributed by atoms with van der Waals surface area (Å²) < 4.78 is 11.1. The summed E-state index contributed by atoms with van der Waals surface area (Å²) in [5.74, 6) is -0.866. The van der Waals surface area contributed by atoms with Crippen LogP contribution in [0.3, 0.4) is 0 Å². The summed E-state index contributed by atoms with van der Waals surface area (Å²) in [4.78, 5) is 25.9. The van der Waals surface area contributed by atoms with E-state index in [4.69, 9.17) is 9.47 Å². The summed E-state index contributed by atoms with van der Waals surface area (Å²) in [6, 6.07) is 6.41. The van der Waals surface area contributed by atoms with Gasteiger partial charge in [-0.15, -0.1) is 0 Å². The van der Waals surface area contributed by atoms with Gasteiger partial charge in [0.25, 0.3) is 0 Å². The Bertz CT molecular complexity index is 536. The molecule has 1 rings (SSSR count). The number of benzene rings is 1. The highest BCUT2D eigenvalue weighted by atomic mass is 16.5. The van der Waals surface area contributed by atoms with Crippen molar-refractivity contribution in [2.45, 2.75) is 0 Å². The Kier molecular flexibility index (Phi) is 7.19. The Hall–Kier alpha value is -1.92. The first-order valence-corrected chi connectivity index (χ1v) is 7.58. The largest absolute Gasteiger partial charge is 0.461 e. The van der Waals surface area contributed by atoms with E-state index in [-0.39, 0.29) is 0 Å². The zero-order valence-corrected chi connectivity index (χ0v) is 14.7. The molecule has 0 aromatic heterocycles. The van der Waals surface area contributed by atoms with Gasteiger partial charge >= 0.3 is 11.9 Å². The first-order chi connectivity index (χ1) is 10.7. The van der Waals surface area contributed by atoms with Gasteiger partial charge in [-0.2, -0.15) is 0 Å². The molecule has 23 heavy (non-hydrogen) atoms. The van der Waals surface area contributed by atoms with Crippen LogP contribution in [-0.2, 0) is 9.47 Å². The fourth-order valence-corrected chi connectivity index (χ4v) is 1.67. The number of carbonyl (C=O) groups is 2. The van der Waals surface area contributed by atoms with Crippen molar-refractivity contribution in [1.82, 2.24) is 4.90 Å². The molecule has 0 spiro atoms. The highest BCUT2D eigenvalue weighted by molar-refractivity contribution is 5.95. The van der Waals surface area contributed by atoms with E-state index in [1.807, 2.05) is 40.1 Å². The lowest BCUT2D eigenvalue weighted by Crippen LogP contribution is -2.38. The fourth-order valence-electron chi connectivity index (χ4n) is 1.67. The van der Waals surface area contributed by atoms with Gasteiger partial charge in [0.15, 0.2) is 0 Å². The smallest absolute Gasteiger partial charge is 0.338 e. The van der Waals surface area contributed by atoms with E-state index in [1.54, 1.807) is 18.2 Å². The average Bonchev–Trinajstić information content (AvgIpc) is 2.45. The van der Waals surface area contributed by atoms with Gasteiger partial charge in [0.05, 0.1) is 32.3 Å². The summed E-state index contributed by atoms with van der Waals surface area (Å²) in [5.41, 5.74) is 0.707. The van der Waals surface area contributed by atoms with Crippen LogP contribution >= 0.6 is 0 Å². The number of quaternary nitrogens is 1. The molecule has 0 saturated carbocycles. The lowest BCUT2D eigenvalue weighted by molar-refractivity contribution is -0.870. The molecule has 0 aliphatic heterocycles. The van der Waals surface area contributed by atoms with Crippen LogP contribution in [0.1, 0.15) is 20.7 Å². The van der Waals surface area contributed by atoms with Crippen molar-refractivity contribution in [2.24, 2.45) is 0 Å². The van der Waals surface area contributed by atoms with Gasteiger partial charge in [-0.1, -0.05) is 6.07 Å². The van der Waals surface area contributed by atoms with Crippen molar-refractivity contribution >= 4 is 11.9 Å². The normalized spacial score (nSPS) is 11.4. The quantitative estimate of drug-likeness (QED) is 0.533. The van der Waals surface area contributed by atoms with Crippen LogP contribution in [0.2, 0.25) is 0 Å². The molecule has 0 bridgehead atoms. The van der Waals surface area contributed by atoms with Gasteiger partial charge in [-0.05, 0) is 32.3 Å². The van der Waals surface area contributed by atoms with Crippen LogP contribution in [-0.4, -0.2) is 82.9 Å². The Morgan fingerprint density at radius 3 is 2.00 bits per heavy atom. The monoisotopic (exact) mass is 323 g/mol. The minimum Gasteiger partial charge on any atom is -0.461 e. The van der Waals surface area contributed by atoms with Crippen molar-refractivity contribution in [3.05, 3.63) is 35.4 Å². The van der Waals surface area contributed by atoms with E-state index in [1.165, 1.54) is 6.07 Å². The fraction of sp³-hybridized carbons (Fsp3) is 0.529. The van der Waals surface area contributed by atoms with Gasteiger partial charge in [-0.25, -0.2) is 9.59 Å². The number of rotatable bonds is 8. The Balaban J connectivity index is 2.58. The van der Waals surface area contributed by atoms with E-state index in [9.17, 15) is 9.59 Å². The van der Waals surface area contributed by atoms with Crippen LogP contribution < -0.4 is 0 Å². The number of esters is 2. The molecule has 0 saturated heterocycles. The molecular formula is C17H27N2O4+. The first kappa shape index (κ1) is 19.1. The molecule has 0 N–H and O–H groups in total. The molecule has 6 nitrogen and oxygen atoms in total. The zero-order chi connectivity index (χ0) is 17.5. The van der Waals surface area contributed by atoms with E-state index in [0.717, 1.165) is 6.54 Å². The summed E-state index contributed by atoms with van der Waals surface area (Å²) in [7, 11) is 9.89. The van der Waals surface area contributed by atoms with Crippen molar-refractivity contribution in [3.63, 3.8) is 0 Å². The van der Waals surface area contributed by atoms with E-state index < -0.39 is 11.9 Å². The third kappa shape index (κ3) is 7.76. The number of hydrogen-bond donors (Lipinski definition) is 0. The molecule has 128 valence electrons. The van der Waals surface area contributed by atoms with E-state index >= 15 is 0 Å². The molecule has 6 heteroatoms. The molecule has 0 aliphatic carbocycles. The van der Waals surface area contributed by atoms with Crippen molar-refractivity contribution in [3.8, 4) is 0 Å². The number of nitrogens with zero attached hydrogens (tertiary/aromatic N) is 2. The van der Waals surface area contributed by atoms with Crippen LogP contribution in [0.15, 0.2) is 24.3 Å². The minimum absolute atomic E-state index is 0.310. The number of likely N-dealkylation sites (N-methyl/N-ethyl adjacent to an activating group) is 2. The summed E-state index contributed by atoms with van der Waals surface area (Å²) >= 11 is 0. The topological polar surface area (TPSA) is 55.8 Å². The summed E-state index contributed by atoms with van der Waals surface area (Å²) in [6.07, 6.45) is 0. The molecule has 0 heterocycles. The number of hydrogen-bond acceptors (Lipinski definition) is 5. The maximum atomic E-state index is 12.0. The average molecular weight is 323 g/mol. The van der Waals surface area contributed by atoms with Crippen LogP contribution in [0, 0.1) is 0 Å². The van der Waals surface area contributed by atoms with Crippen LogP contribution in [0.5, 0.6) is 0 Å². The van der Waals surface area contributed by atoms with Gasteiger partial charge in [0.2, 0.25) is 0 Å². The van der Waals surface area contributed by atoms with Gasteiger partial charge < -0.3 is 18.9 Å². The van der Waals surface area contributed by atoms with Gasteiger partial charge in [-0.3, -0.25) is 0 Å². The molecule has 0 aliphatic rings. The summed E-state index contributed by atoms with van der Waals surface area (Å²) in [6.45, 7) is 2.01. The second-order valence-corrected chi connectivity index (χ2v) is 6.67. The van der Waals surface area contributed by atoms with E-state index in [2.05, 4.69) is 0 Å². The van der Waals surface area contributed by atoms with Crippen LogP contribution in [0.25, 0.3) is 0 Å². The second-order valence-electron chi connectivity index (χ2n) is 6.67. The molecule has 0 fully saturated rings. The molecule has 0 unspecified atom stereocenters. The van der Waals surface area contributed by atoms with Crippen molar-refractivity contribution < 1.29 is 23.5 Å². The third-order valence-electron chi connectivity index (χ3n) is 3.10. The number of carbonyl (C=O) groups excluding carboxylic acids is 2. The van der Waals surface area contributed by atoms with Crippen molar-refractivity contribution in [2.75, 3.05) is 61.5 Å². The van der Waals surface area contributed by atoms with E-state index in [0.29, 0.717) is 35.4 Å². The van der Waals surface area contributed by atoms with Crippen LogP contribution in [0.4, 0.5) is 0 Å². The minimum atomic E-state index is -0.437. The Morgan fingerprint density at radius 1 is 1.00 bits per heavy atom. The zero-order valence-electron chi connectivity index (χ0n) is 14.7. The lowest BCUT2D eigenvalue weighted by atomic mass is 10.1. The first-order valence-electron chi connectivity index (χ1n) is 7.58. The predicted molar refractivity (Wildman–Crippen MR) is 88.5 cm³/mol.